The molecule has 1 amide bonds. The third-order valence-electron chi connectivity index (χ3n) is 5.69. The highest BCUT2D eigenvalue weighted by Gasteiger charge is 2.40. The zero-order valence-electron chi connectivity index (χ0n) is 14.5. The summed E-state index contributed by atoms with van der Waals surface area (Å²) in [6.07, 6.45) is 7.18. The lowest BCUT2D eigenvalue weighted by Crippen LogP contribution is -2.53. The maximum atomic E-state index is 12.9. The van der Waals surface area contributed by atoms with Crippen molar-refractivity contribution in [2.45, 2.75) is 44.2 Å². The van der Waals surface area contributed by atoms with Gasteiger partial charge in [0.15, 0.2) is 0 Å². The van der Waals surface area contributed by atoms with Crippen LogP contribution in [-0.2, 0) is 0 Å². The number of hydrogen-bond donors (Lipinski definition) is 3. The van der Waals surface area contributed by atoms with Crippen LogP contribution in [0.15, 0.2) is 30.5 Å². The average molecular weight is 395 g/mol. The number of H-pyrrole nitrogens is 1. The molecule has 5 nitrogen and oxygen atoms in total. The fourth-order valence-electron chi connectivity index (χ4n) is 4.55. The summed E-state index contributed by atoms with van der Waals surface area (Å²) in [6, 6.07) is 7.91. The fraction of sp³-hybridized carbons (Fsp3) is 0.474. The number of hydrogen-bond acceptors (Lipinski definition) is 3. The summed E-state index contributed by atoms with van der Waals surface area (Å²) in [7, 11) is 0. The van der Waals surface area contributed by atoms with Crippen LogP contribution in [-0.4, -0.2) is 28.2 Å². The second-order valence-electron chi connectivity index (χ2n) is 7.35. The maximum absolute atomic E-state index is 12.9. The average Bonchev–Trinajstić information content (AvgIpc) is 3.06. The molecular formula is C19H24Cl2N4O. The molecule has 2 saturated carbocycles. The van der Waals surface area contributed by atoms with Crippen LogP contribution in [0.4, 0.5) is 0 Å². The van der Waals surface area contributed by atoms with E-state index in [1.807, 2.05) is 24.3 Å². The monoisotopic (exact) mass is 394 g/mol. The van der Waals surface area contributed by atoms with Crippen LogP contribution in [0.5, 0.6) is 0 Å². The van der Waals surface area contributed by atoms with Gasteiger partial charge in [-0.1, -0.05) is 30.2 Å². The molecule has 2 aliphatic rings. The van der Waals surface area contributed by atoms with Crippen LogP contribution < -0.4 is 11.1 Å². The Morgan fingerprint density at radius 1 is 1.19 bits per heavy atom. The summed E-state index contributed by atoms with van der Waals surface area (Å²) in [5.74, 6) is 0.936. The summed E-state index contributed by atoms with van der Waals surface area (Å²) in [5, 5.41) is 11.0. The third kappa shape index (κ3) is 3.75. The lowest BCUT2D eigenvalue weighted by atomic mass is 9.67. The van der Waals surface area contributed by atoms with Crippen LogP contribution in [0.25, 0.3) is 11.3 Å². The number of nitrogens with zero attached hydrogens (tertiary/aromatic N) is 1. The van der Waals surface area contributed by atoms with Crippen molar-refractivity contribution in [2.24, 2.45) is 17.6 Å². The molecule has 2 atom stereocenters. The van der Waals surface area contributed by atoms with Crippen molar-refractivity contribution in [3.05, 3.63) is 41.0 Å². The molecule has 0 radical (unpaired) electrons. The first-order chi connectivity index (χ1) is 12.1. The van der Waals surface area contributed by atoms with Gasteiger partial charge in [-0.15, -0.1) is 12.4 Å². The van der Waals surface area contributed by atoms with E-state index >= 15 is 0 Å². The van der Waals surface area contributed by atoms with Crippen molar-refractivity contribution in [3.8, 4) is 11.3 Å². The normalized spacial score (nSPS) is 27.5. The van der Waals surface area contributed by atoms with E-state index in [-0.39, 0.29) is 30.4 Å². The Kier molecular flexibility index (Phi) is 5.90. The molecule has 4 N–H and O–H groups in total. The van der Waals surface area contributed by atoms with Gasteiger partial charge in [0.1, 0.15) is 0 Å². The smallest absolute Gasteiger partial charge is 0.255 e. The second-order valence-corrected chi connectivity index (χ2v) is 7.78. The Hall–Kier alpha value is -1.56. The second kappa shape index (κ2) is 7.99. The number of carbonyl (C=O) groups excluding carboxylic acids is 1. The van der Waals surface area contributed by atoms with E-state index in [4.69, 9.17) is 17.3 Å². The van der Waals surface area contributed by atoms with Crippen LogP contribution in [0, 0.1) is 11.8 Å². The molecule has 0 spiro atoms. The minimum atomic E-state index is -0.0592. The van der Waals surface area contributed by atoms with Crippen LogP contribution in [0.1, 0.15) is 42.5 Å². The van der Waals surface area contributed by atoms with Gasteiger partial charge >= 0.3 is 0 Å². The van der Waals surface area contributed by atoms with Crippen molar-refractivity contribution in [2.75, 3.05) is 0 Å². The van der Waals surface area contributed by atoms with Crippen molar-refractivity contribution in [3.63, 3.8) is 0 Å². The predicted octanol–water partition coefficient (Wildman–Crippen LogP) is 3.79. The van der Waals surface area contributed by atoms with Crippen molar-refractivity contribution < 1.29 is 4.79 Å². The molecule has 7 heteroatoms. The molecule has 2 aromatic rings. The molecule has 1 aromatic heterocycles. The lowest BCUT2D eigenvalue weighted by Gasteiger charge is -2.45. The van der Waals surface area contributed by atoms with E-state index in [1.165, 1.54) is 6.42 Å². The molecule has 0 aliphatic heterocycles. The van der Waals surface area contributed by atoms with Gasteiger partial charge in [0.2, 0.25) is 0 Å². The molecule has 0 saturated heterocycles. The number of fused-ring (bicyclic) bond motifs is 2. The van der Waals surface area contributed by atoms with Gasteiger partial charge in [-0.25, -0.2) is 0 Å². The number of benzene rings is 1. The number of aromatic nitrogens is 2. The number of aromatic amines is 1. The van der Waals surface area contributed by atoms with Gasteiger partial charge in [0, 0.05) is 22.7 Å². The van der Waals surface area contributed by atoms with Gasteiger partial charge < -0.3 is 11.1 Å². The molecule has 1 heterocycles. The SMILES string of the molecule is Cl.NC1CC2CCCC(C1)C2NC(=O)c1cn[nH]c1-c1ccc(Cl)cc1. The summed E-state index contributed by atoms with van der Waals surface area (Å²) in [6.45, 7) is 0. The van der Waals surface area contributed by atoms with Crippen LogP contribution in [0.2, 0.25) is 5.02 Å². The molecule has 140 valence electrons. The molecule has 26 heavy (non-hydrogen) atoms. The first-order valence-corrected chi connectivity index (χ1v) is 9.35. The van der Waals surface area contributed by atoms with Gasteiger partial charge in [0.05, 0.1) is 17.5 Å². The summed E-state index contributed by atoms with van der Waals surface area (Å²) < 4.78 is 0. The number of rotatable bonds is 3. The minimum absolute atomic E-state index is 0. The van der Waals surface area contributed by atoms with E-state index in [1.54, 1.807) is 6.20 Å². The van der Waals surface area contributed by atoms with Crippen LogP contribution >= 0.6 is 24.0 Å². The minimum Gasteiger partial charge on any atom is -0.349 e. The molecule has 4 rings (SSSR count). The topological polar surface area (TPSA) is 83.8 Å². The summed E-state index contributed by atoms with van der Waals surface area (Å²) in [4.78, 5) is 12.9. The lowest BCUT2D eigenvalue weighted by molar-refractivity contribution is 0.0756. The largest absolute Gasteiger partial charge is 0.349 e. The third-order valence-corrected chi connectivity index (χ3v) is 5.94. The standard InChI is InChI=1S/C19H23ClN4O.ClH/c20-14-6-4-11(5-7-14)18-16(10-22-24-18)19(25)23-17-12-2-1-3-13(17)9-15(21)8-12;/h4-7,10,12-13,15,17H,1-3,8-9,21H2,(H,22,24)(H,23,25);1H. The van der Waals surface area contributed by atoms with Gasteiger partial charge in [0.25, 0.3) is 5.91 Å². The Bertz CT molecular complexity index is 747. The highest BCUT2D eigenvalue weighted by molar-refractivity contribution is 6.30. The molecule has 2 aliphatic carbocycles. The fourth-order valence-corrected chi connectivity index (χ4v) is 4.67. The molecular weight excluding hydrogens is 371 g/mol. The molecule has 2 fully saturated rings. The first-order valence-electron chi connectivity index (χ1n) is 8.97. The van der Waals surface area contributed by atoms with Crippen molar-refractivity contribution in [1.82, 2.24) is 15.5 Å². The van der Waals surface area contributed by atoms with Crippen LogP contribution in [0.3, 0.4) is 0 Å². The number of carbonyl (C=O) groups is 1. The number of nitrogens with one attached hydrogen (secondary N) is 2. The first kappa shape index (κ1) is 19.2. The Balaban J connectivity index is 0.00000196. The highest BCUT2D eigenvalue weighted by Crippen LogP contribution is 2.40. The number of halogens is 2. The quantitative estimate of drug-likeness (QED) is 0.740. The van der Waals surface area contributed by atoms with E-state index in [0.29, 0.717) is 22.4 Å². The van der Waals surface area contributed by atoms with E-state index < -0.39 is 0 Å². The number of amides is 1. The zero-order valence-corrected chi connectivity index (χ0v) is 16.0. The van der Waals surface area contributed by atoms with Crippen molar-refractivity contribution >= 4 is 29.9 Å². The van der Waals surface area contributed by atoms with E-state index in [2.05, 4.69) is 15.5 Å². The van der Waals surface area contributed by atoms with Gasteiger partial charge in [-0.3, -0.25) is 9.89 Å². The Labute approximate surface area is 164 Å². The molecule has 1 aromatic carbocycles. The van der Waals surface area contributed by atoms with Gasteiger partial charge in [-0.2, -0.15) is 5.10 Å². The highest BCUT2D eigenvalue weighted by atomic mass is 35.5. The van der Waals surface area contributed by atoms with Gasteiger partial charge in [-0.05, 0) is 49.7 Å². The summed E-state index contributed by atoms with van der Waals surface area (Å²) >= 11 is 5.96. The Morgan fingerprint density at radius 3 is 2.50 bits per heavy atom. The summed E-state index contributed by atoms with van der Waals surface area (Å²) in [5.41, 5.74) is 8.39. The number of nitrogens with two attached hydrogens (primary N) is 1. The molecule has 2 bridgehead atoms. The van der Waals surface area contributed by atoms with Crippen molar-refractivity contribution in [1.29, 1.82) is 0 Å². The maximum Gasteiger partial charge on any atom is 0.255 e. The zero-order chi connectivity index (χ0) is 17.4. The molecule has 2 unspecified atom stereocenters. The predicted molar refractivity (Wildman–Crippen MR) is 106 cm³/mol. The Morgan fingerprint density at radius 2 is 1.85 bits per heavy atom. The van der Waals surface area contributed by atoms with E-state index in [9.17, 15) is 4.79 Å². The van der Waals surface area contributed by atoms with E-state index in [0.717, 1.165) is 36.9 Å².